The van der Waals surface area contributed by atoms with Crippen LogP contribution in [0.5, 0.6) is 0 Å². The van der Waals surface area contributed by atoms with Gasteiger partial charge in [-0.15, -0.1) is 0 Å². The molecule has 2 aliphatic carbocycles. The van der Waals surface area contributed by atoms with E-state index in [1.165, 1.54) is 19.3 Å². The Balaban J connectivity index is 2.27. The third kappa shape index (κ3) is 1.01. The highest BCUT2D eigenvalue weighted by molar-refractivity contribution is 6.38. The van der Waals surface area contributed by atoms with Gasteiger partial charge in [0.1, 0.15) is 0 Å². The van der Waals surface area contributed by atoms with E-state index in [0.29, 0.717) is 5.41 Å². The van der Waals surface area contributed by atoms with Crippen LogP contribution in [0.3, 0.4) is 0 Å². The molecule has 0 aromatic heterocycles. The maximum Gasteiger partial charge on any atom is 0.188 e. The molecule has 0 heterocycles. The van der Waals surface area contributed by atoms with Crippen molar-refractivity contribution >= 4 is 9.76 Å². The number of allylic oxidation sites excluding steroid dienone is 2. The van der Waals surface area contributed by atoms with E-state index >= 15 is 0 Å². The summed E-state index contributed by atoms with van der Waals surface area (Å²) in [5, 5.41) is 1.74. The Hall–Kier alpha value is -0.0831. The van der Waals surface area contributed by atoms with Crippen molar-refractivity contribution < 1.29 is 4.43 Å². The summed E-state index contributed by atoms with van der Waals surface area (Å²) in [5.41, 5.74) is 2.26. The zero-order valence-corrected chi connectivity index (χ0v) is 9.73. The van der Waals surface area contributed by atoms with Crippen LogP contribution in [0.2, 0.25) is 0 Å². The molecule has 0 saturated heterocycles. The van der Waals surface area contributed by atoms with Gasteiger partial charge in [0.05, 0.1) is 0 Å². The molecule has 0 aromatic carbocycles. The lowest BCUT2D eigenvalue weighted by Crippen LogP contribution is -2.14. The molecule has 2 rings (SSSR count). The molecule has 0 aliphatic heterocycles. The van der Waals surface area contributed by atoms with Crippen molar-refractivity contribution in [3.8, 4) is 0 Å². The van der Waals surface area contributed by atoms with Crippen LogP contribution >= 0.6 is 0 Å². The summed E-state index contributed by atoms with van der Waals surface area (Å²) in [7, 11) is 1.53. The monoisotopic (exact) mass is 182 g/mol. The summed E-state index contributed by atoms with van der Waals surface area (Å²) < 4.78 is 5.37. The SMILES string of the molecule is CO[SiH2]C1=C(C)C2(C)CCC1C2. The summed E-state index contributed by atoms with van der Waals surface area (Å²) in [5.74, 6) is 0.918. The van der Waals surface area contributed by atoms with E-state index in [-0.39, 0.29) is 9.76 Å². The second-order valence-corrected chi connectivity index (χ2v) is 6.21. The van der Waals surface area contributed by atoms with Crippen LogP contribution in [0.1, 0.15) is 33.1 Å². The third-order valence-electron chi connectivity index (χ3n) is 3.92. The highest BCUT2D eigenvalue weighted by atomic mass is 28.2. The zero-order chi connectivity index (χ0) is 8.77. The predicted molar refractivity (Wildman–Crippen MR) is 53.7 cm³/mol. The summed E-state index contributed by atoms with van der Waals surface area (Å²) >= 11 is 0. The molecule has 0 aromatic rings. The van der Waals surface area contributed by atoms with E-state index in [1.807, 2.05) is 7.11 Å². The van der Waals surface area contributed by atoms with Gasteiger partial charge in [-0.25, -0.2) is 0 Å². The molecule has 2 unspecified atom stereocenters. The molecule has 1 fully saturated rings. The Kier molecular flexibility index (Phi) is 1.92. The first-order valence-electron chi connectivity index (χ1n) is 4.86. The number of hydrogen-bond donors (Lipinski definition) is 0. The van der Waals surface area contributed by atoms with Crippen molar-refractivity contribution in [2.24, 2.45) is 11.3 Å². The molecule has 68 valence electrons. The van der Waals surface area contributed by atoms with Gasteiger partial charge in [0.2, 0.25) is 0 Å². The lowest BCUT2D eigenvalue weighted by Gasteiger charge is -2.24. The van der Waals surface area contributed by atoms with Crippen molar-refractivity contribution in [1.29, 1.82) is 0 Å². The predicted octanol–water partition coefficient (Wildman–Crippen LogP) is 1.81. The van der Waals surface area contributed by atoms with Gasteiger partial charge in [-0.3, -0.25) is 0 Å². The Morgan fingerprint density at radius 2 is 2.33 bits per heavy atom. The van der Waals surface area contributed by atoms with Crippen molar-refractivity contribution in [3.05, 3.63) is 10.8 Å². The molecule has 12 heavy (non-hydrogen) atoms. The fraction of sp³-hybridized carbons (Fsp3) is 0.800. The maximum absolute atomic E-state index is 5.37. The lowest BCUT2D eigenvalue weighted by atomic mass is 9.84. The maximum atomic E-state index is 5.37. The van der Waals surface area contributed by atoms with Crippen LogP contribution in [0.25, 0.3) is 0 Å². The molecular formula is C10H18OSi. The van der Waals surface area contributed by atoms with E-state index in [4.69, 9.17) is 4.43 Å². The lowest BCUT2D eigenvalue weighted by molar-refractivity contribution is 0.423. The van der Waals surface area contributed by atoms with Gasteiger partial charge in [-0.2, -0.15) is 0 Å². The Labute approximate surface area is 77.1 Å². The topological polar surface area (TPSA) is 9.23 Å². The minimum Gasteiger partial charge on any atom is -0.422 e. The molecule has 0 radical (unpaired) electrons. The summed E-state index contributed by atoms with van der Waals surface area (Å²) in [6, 6.07) is 0. The van der Waals surface area contributed by atoms with Gasteiger partial charge in [-0.1, -0.05) is 17.7 Å². The number of hydrogen-bond acceptors (Lipinski definition) is 1. The Morgan fingerprint density at radius 1 is 1.58 bits per heavy atom. The molecule has 2 heteroatoms. The second-order valence-electron chi connectivity index (χ2n) is 4.58. The average Bonchev–Trinajstić information content (AvgIpc) is 2.51. The largest absolute Gasteiger partial charge is 0.422 e. The molecule has 1 nitrogen and oxygen atoms in total. The molecule has 0 spiro atoms. The van der Waals surface area contributed by atoms with Crippen molar-refractivity contribution in [2.45, 2.75) is 33.1 Å². The normalized spacial score (nSPS) is 40.8. The number of rotatable bonds is 2. The average molecular weight is 182 g/mol. The van der Waals surface area contributed by atoms with Crippen molar-refractivity contribution in [3.63, 3.8) is 0 Å². The third-order valence-corrected chi connectivity index (χ3v) is 5.63. The van der Waals surface area contributed by atoms with E-state index in [0.717, 1.165) is 5.92 Å². The minimum atomic E-state index is -0.335. The van der Waals surface area contributed by atoms with E-state index in [1.54, 1.807) is 10.8 Å². The van der Waals surface area contributed by atoms with Crippen LogP contribution in [-0.4, -0.2) is 16.9 Å². The van der Waals surface area contributed by atoms with Gasteiger partial charge < -0.3 is 4.43 Å². The molecule has 0 amide bonds. The fourth-order valence-electron chi connectivity index (χ4n) is 2.95. The van der Waals surface area contributed by atoms with Crippen molar-refractivity contribution in [2.75, 3.05) is 7.11 Å². The Bertz CT molecular complexity index is 234. The first-order chi connectivity index (χ1) is 5.67. The molecule has 0 N–H and O–H groups in total. The van der Waals surface area contributed by atoms with Gasteiger partial charge in [0, 0.05) is 7.11 Å². The first kappa shape index (κ1) is 8.51. The quantitative estimate of drug-likeness (QED) is 0.592. The summed E-state index contributed by atoms with van der Waals surface area (Å²) in [4.78, 5) is 0. The second kappa shape index (κ2) is 2.71. The standard InChI is InChI=1S/C10H18OSi/c1-7-9(12-11-3)8-4-5-10(7,2)6-8/h8H,4-6,12H2,1-3H3. The summed E-state index contributed by atoms with van der Waals surface area (Å²) in [6.07, 6.45) is 4.27. The van der Waals surface area contributed by atoms with E-state index in [2.05, 4.69) is 13.8 Å². The smallest absolute Gasteiger partial charge is 0.188 e. The van der Waals surface area contributed by atoms with E-state index < -0.39 is 0 Å². The molecule has 2 bridgehead atoms. The highest BCUT2D eigenvalue weighted by Gasteiger charge is 2.45. The fourth-order valence-corrected chi connectivity index (χ4v) is 4.49. The molecular weight excluding hydrogens is 164 g/mol. The highest BCUT2D eigenvalue weighted by Crippen LogP contribution is 2.56. The minimum absolute atomic E-state index is 0.335. The van der Waals surface area contributed by atoms with Crippen LogP contribution in [0, 0.1) is 11.3 Å². The van der Waals surface area contributed by atoms with Gasteiger partial charge >= 0.3 is 0 Å². The summed E-state index contributed by atoms with van der Waals surface area (Å²) in [6.45, 7) is 4.76. The number of fused-ring (bicyclic) bond motifs is 2. The molecule has 2 atom stereocenters. The van der Waals surface area contributed by atoms with Crippen molar-refractivity contribution in [1.82, 2.24) is 0 Å². The van der Waals surface area contributed by atoms with Gasteiger partial charge in [0.25, 0.3) is 0 Å². The molecule has 1 saturated carbocycles. The van der Waals surface area contributed by atoms with Crippen LogP contribution < -0.4 is 0 Å². The molecule has 2 aliphatic rings. The van der Waals surface area contributed by atoms with E-state index in [9.17, 15) is 0 Å². The van der Waals surface area contributed by atoms with Gasteiger partial charge in [-0.05, 0) is 37.5 Å². The Morgan fingerprint density at radius 3 is 2.83 bits per heavy atom. The van der Waals surface area contributed by atoms with Crippen LogP contribution in [-0.2, 0) is 4.43 Å². The van der Waals surface area contributed by atoms with Crippen LogP contribution in [0.15, 0.2) is 10.8 Å². The van der Waals surface area contributed by atoms with Gasteiger partial charge in [0.15, 0.2) is 9.76 Å². The van der Waals surface area contributed by atoms with Crippen LogP contribution in [0.4, 0.5) is 0 Å². The zero-order valence-electron chi connectivity index (χ0n) is 8.31. The first-order valence-corrected chi connectivity index (χ1v) is 6.15.